The number of aliphatic carboxylic acids is 1. The van der Waals surface area contributed by atoms with Gasteiger partial charge in [-0.25, -0.2) is 9.59 Å². The van der Waals surface area contributed by atoms with Gasteiger partial charge in [-0.15, -0.1) is 0 Å². The van der Waals surface area contributed by atoms with Crippen LogP contribution in [0.2, 0.25) is 0 Å². The molecule has 8 nitrogen and oxygen atoms in total. The van der Waals surface area contributed by atoms with Crippen LogP contribution in [0, 0.1) is 5.92 Å². The van der Waals surface area contributed by atoms with Crippen molar-refractivity contribution in [2.45, 2.75) is 39.0 Å². The zero-order valence-electron chi connectivity index (χ0n) is 25.3. The zero-order valence-corrected chi connectivity index (χ0v) is 25.3. The number of pyridine rings is 1. The maximum Gasteiger partial charge on any atom is 0.490 e. The molecule has 4 aromatic rings. The first kappa shape index (κ1) is 34.0. The Morgan fingerprint density at radius 3 is 1.93 bits per heavy atom. The third kappa shape index (κ3) is 9.31. The lowest BCUT2D eigenvalue weighted by molar-refractivity contribution is -0.192. The van der Waals surface area contributed by atoms with Crippen molar-refractivity contribution in [2.75, 3.05) is 24.5 Å². The molecule has 0 spiro atoms. The van der Waals surface area contributed by atoms with Gasteiger partial charge < -0.3 is 20.1 Å². The third-order valence-electron chi connectivity index (χ3n) is 7.80. The van der Waals surface area contributed by atoms with Gasteiger partial charge in [-0.2, -0.15) is 13.2 Å². The molecular weight excluding hydrogens is 599 g/mol. The van der Waals surface area contributed by atoms with Crippen molar-refractivity contribution in [3.8, 4) is 11.3 Å². The molecule has 1 atom stereocenters. The van der Waals surface area contributed by atoms with Crippen LogP contribution >= 0.6 is 0 Å². The number of carbonyl (C=O) groups is 2. The maximum absolute atomic E-state index is 12.3. The summed E-state index contributed by atoms with van der Waals surface area (Å²) in [6.45, 7) is 6.87. The Hall–Kier alpha value is -4.90. The van der Waals surface area contributed by atoms with Crippen LogP contribution in [0.4, 0.5) is 18.9 Å². The number of nitrogens with zero attached hydrogens (tertiary/aromatic N) is 2. The molecule has 3 N–H and O–H groups in total. The number of rotatable bonds is 10. The zero-order chi connectivity index (χ0) is 33.3. The normalized spacial score (nSPS) is 14.5. The lowest BCUT2D eigenvalue weighted by atomic mass is 10.0. The van der Waals surface area contributed by atoms with Crippen molar-refractivity contribution in [1.29, 1.82) is 0 Å². The lowest BCUT2D eigenvalue weighted by Crippen LogP contribution is -2.30. The molecular formula is C35H36F3N3O5. The molecule has 242 valence electrons. The van der Waals surface area contributed by atoms with Gasteiger partial charge in [-0.05, 0) is 59.2 Å². The lowest BCUT2D eigenvalue weighted by Gasteiger charge is -2.26. The van der Waals surface area contributed by atoms with Gasteiger partial charge in [0.1, 0.15) is 5.56 Å². The number of hydrogen-bond donors (Lipinski definition) is 3. The van der Waals surface area contributed by atoms with E-state index in [4.69, 9.17) is 9.90 Å². The van der Waals surface area contributed by atoms with Gasteiger partial charge in [0, 0.05) is 38.4 Å². The average Bonchev–Trinajstić information content (AvgIpc) is 3.50. The molecule has 0 radical (unpaired) electrons. The number of nitrogens with one attached hydrogen (secondary N) is 1. The quantitative estimate of drug-likeness (QED) is 0.183. The Labute approximate surface area is 264 Å². The van der Waals surface area contributed by atoms with Gasteiger partial charge in [-0.1, -0.05) is 79.7 Å². The third-order valence-corrected chi connectivity index (χ3v) is 7.80. The summed E-state index contributed by atoms with van der Waals surface area (Å²) in [5.74, 6) is -3.39. The molecule has 3 aromatic carbocycles. The second-order valence-corrected chi connectivity index (χ2v) is 11.2. The molecule has 0 aliphatic carbocycles. The number of aryl methyl sites for hydroxylation is 1. The molecule has 1 aromatic heterocycles. The van der Waals surface area contributed by atoms with E-state index in [0.717, 1.165) is 50.3 Å². The summed E-state index contributed by atoms with van der Waals surface area (Å²) in [7, 11) is 0. The van der Waals surface area contributed by atoms with Crippen LogP contribution < -0.4 is 10.5 Å². The van der Waals surface area contributed by atoms with E-state index in [1.807, 2.05) is 19.1 Å². The van der Waals surface area contributed by atoms with E-state index in [1.54, 1.807) is 0 Å². The van der Waals surface area contributed by atoms with Crippen molar-refractivity contribution < 1.29 is 33.0 Å². The molecule has 1 saturated heterocycles. The smallest absolute Gasteiger partial charge is 0.477 e. The van der Waals surface area contributed by atoms with Crippen LogP contribution in [0.25, 0.3) is 11.3 Å². The van der Waals surface area contributed by atoms with Crippen molar-refractivity contribution in [2.24, 2.45) is 5.92 Å². The SMILES string of the molecule is CCc1cc(C(=O)O)c(=O)[nH]c1-c1ccc(N2CCC(CN(Cc3ccccc3)Cc3ccccc3)C2)cc1.O=C(O)C(F)(F)F. The molecule has 5 rings (SSSR count). The standard InChI is InChI=1S/C33H35N3O3.C2HF3O2/c1-2-27-19-30(33(38)39)32(37)34-31(27)28-13-15-29(16-14-28)36-18-17-26(23-36)22-35(20-24-9-5-3-6-10-24)21-25-11-7-4-8-12-25;3-2(4,5)1(6)7/h3-16,19,26H,2,17-18,20-23H2,1H3,(H,34,37)(H,38,39);(H,6,7). The van der Waals surface area contributed by atoms with Crippen LogP contribution in [0.15, 0.2) is 95.8 Å². The number of carboxylic acid groups (broad SMARTS) is 2. The summed E-state index contributed by atoms with van der Waals surface area (Å²) in [6.07, 6.45) is -3.31. The highest BCUT2D eigenvalue weighted by molar-refractivity contribution is 5.88. The first-order valence-electron chi connectivity index (χ1n) is 14.9. The number of alkyl halides is 3. The van der Waals surface area contributed by atoms with Gasteiger partial charge in [-0.3, -0.25) is 9.69 Å². The second-order valence-electron chi connectivity index (χ2n) is 11.2. The second kappa shape index (κ2) is 15.4. The Morgan fingerprint density at radius 1 is 0.913 bits per heavy atom. The van der Waals surface area contributed by atoms with Gasteiger partial charge in [0.2, 0.25) is 0 Å². The Bertz CT molecular complexity index is 1620. The van der Waals surface area contributed by atoms with Crippen LogP contribution in [0.3, 0.4) is 0 Å². The molecule has 11 heteroatoms. The Kier molecular flexibility index (Phi) is 11.4. The van der Waals surface area contributed by atoms with E-state index in [9.17, 15) is 27.9 Å². The topological polar surface area (TPSA) is 114 Å². The number of aromatic carboxylic acids is 1. The van der Waals surface area contributed by atoms with Gasteiger partial charge in [0.15, 0.2) is 0 Å². The molecule has 1 unspecified atom stereocenters. The number of H-pyrrole nitrogens is 1. The summed E-state index contributed by atoms with van der Waals surface area (Å²) in [5, 5.41) is 16.4. The minimum absolute atomic E-state index is 0.219. The van der Waals surface area contributed by atoms with Gasteiger partial charge >= 0.3 is 18.1 Å². The van der Waals surface area contributed by atoms with E-state index in [2.05, 4.69) is 87.6 Å². The van der Waals surface area contributed by atoms with Crippen molar-refractivity contribution >= 4 is 17.6 Å². The highest BCUT2D eigenvalue weighted by atomic mass is 19.4. The van der Waals surface area contributed by atoms with Crippen LogP contribution in [0.5, 0.6) is 0 Å². The predicted molar refractivity (Wildman–Crippen MR) is 170 cm³/mol. The monoisotopic (exact) mass is 635 g/mol. The van der Waals surface area contributed by atoms with Crippen LogP contribution in [0.1, 0.15) is 40.4 Å². The number of hydrogen-bond acceptors (Lipinski definition) is 5. The fourth-order valence-electron chi connectivity index (χ4n) is 5.56. The summed E-state index contributed by atoms with van der Waals surface area (Å²) in [4.78, 5) is 40.4. The van der Waals surface area contributed by atoms with Crippen molar-refractivity contribution in [3.63, 3.8) is 0 Å². The average molecular weight is 636 g/mol. The van der Waals surface area contributed by atoms with Gasteiger partial charge in [0.25, 0.3) is 5.56 Å². The minimum Gasteiger partial charge on any atom is -0.477 e. The molecule has 1 aliphatic rings. The largest absolute Gasteiger partial charge is 0.490 e. The summed E-state index contributed by atoms with van der Waals surface area (Å²) in [5.41, 5.74) is 5.44. The number of carboxylic acids is 2. The fourth-order valence-corrected chi connectivity index (χ4v) is 5.56. The van der Waals surface area contributed by atoms with Gasteiger partial charge in [0.05, 0.1) is 5.69 Å². The van der Waals surface area contributed by atoms with E-state index >= 15 is 0 Å². The molecule has 1 fully saturated rings. The summed E-state index contributed by atoms with van der Waals surface area (Å²) >= 11 is 0. The first-order chi connectivity index (χ1) is 21.9. The minimum atomic E-state index is -5.08. The first-order valence-corrected chi connectivity index (χ1v) is 14.9. The molecule has 0 saturated carbocycles. The summed E-state index contributed by atoms with van der Waals surface area (Å²) < 4.78 is 31.7. The highest BCUT2D eigenvalue weighted by Gasteiger charge is 2.38. The van der Waals surface area contributed by atoms with Crippen LogP contribution in [-0.2, 0) is 24.3 Å². The van der Waals surface area contributed by atoms with Crippen molar-refractivity contribution in [1.82, 2.24) is 9.88 Å². The molecule has 46 heavy (non-hydrogen) atoms. The predicted octanol–water partition coefficient (Wildman–Crippen LogP) is 6.46. The Morgan fingerprint density at radius 2 is 1.46 bits per heavy atom. The number of anilines is 1. The molecule has 0 bridgehead atoms. The number of benzene rings is 3. The number of halogens is 3. The maximum atomic E-state index is 12.3. The number of aromatic amines is 1. The summed E-state index contributed by atoms with van der Waals surface area (Å²) in [6, 6.07) is 31.1. The van der Waals surface area contributed by atoms with E-state index in [-0.39, 0.29) is 5.56 Å². The number of aromatic nitrogens is 1. The van der Waals surface area contributed by atoms with E-state index in [1.165, 1.54) is 22.9 Å². The van der Waals surface area contributed by atoms with Crippen LogP contribution in [-0.4, -0.2) is 57.8 Å². The molecule has 0 amide bonds. The van der Waals surface area contributed by atoms with Crippen molar-refractivity contribution in [3.05, 3.63) is 124 Å². The van der Waals surface area contributed by atoms with E-state index in [0.29, 0.717) is 18.0 Å². The molecule has 1 aliphatic heterocycles. The fraction of sp³-hybridized carbons (Fsp3) is 0.286. The Balaban J connectivity index is 0.000000617. The highest BCUT2D eigenvalue weighted by Crippen LogP contribution is 2.29. The van der Waals surface area contributed by atoms with E-state index < -0.39 is 23.7 Å². The molecule has 2 heterocycles.